The molecule has 0 bridgehead atoms. The first-order chi connectivity index (χ1) is 16.4. The summed E-state index contributed by atoms with van der Waals surface area (Å²) in [7, 11) is -3.62. The van der Waals surface area contributed by atoms with Gasteiger partial charge in [0.05, 0.1) is 5.92 Å². The number of sulfonamides is 1. The number of piperidine rings is 1. The van der Waals surface area contributed by atoms with Crippen molar-refractivity contribution < 1.29 is 22.7 Å². The van der Waals surface area contributed by atoms with Crippen LogP contribution in [0.25, 0.3) is 0 Å². The fourth-order valence-electron chi connectivity index (χ4n) is 4.32. The van der Waals surface area contributed by atoms with Gasteiger partial charge < -0.3 is 9.64 Å². The Morgan fingerprint density at radius 2 is 1.65 bits per heavy atom. The first-order valence-electron chi connectivity index (χ1n) is 11.5. The number of carbonyl (C=O) groups excluding carboxylic acids is 2. The van der Waals surface area contributed by atoms with Crippen molar-refractivity contribution in [3.8, 4) is 0 Å². The highest BCUT2D eigenvalue weighted by Crippen LogP contribution is 2.24. The van der Waals surface area contributed by atoms with Crippen molar-refractivity contribution >= 4 is 21.9 Å². The minimum Gasteiger partial charge on any atom is -0.455 e. The SMILES string of the molecule is O=C(OCC(=O)N1CCN(Cc2ccccc2)CC1)C1CCN(S(=O)(=O)c2cccnc2)CC1. The minimum atomic E-state index is -3.62. The Bertz CT molecular complexity index is 1070. The van der Waals surface area contributed by atoms with E-state index in [0.717, 1.165) is 19.6 Å². The summed E-state index contributed by atoms with van der Waals surface area (Å²) in [5.41, 5.74) is 1.25. The molecule has 0 radical (unpaired) electrons. The summed E-state index contributed by atoms with van der Waals surface area (Å²) in [5.74, 6) is -1.03. The number of rotatable bonds is 7. The molecule has 1 aromatic heterocycles. The molecule has 4 rings (SSSR count). The first-order valence-corrected chi connectivity index (χ1v) is 13.0. The van der Waals surface area contributed by atoms with E-state index in [1.807, 2.05) is 18.2 Å². The molecule has 2 fully saturated rings. The fraction of sp³-hybridized carbons (Fsp3) is 0.458. The van der Waals surface area contributed by atoms with Gasteiger partial charge in [0.25, 0.3) is 5.91 Å². The molecule has 1 aromatic carbocycles. The molecule has 0 unspecified atom stereocenters. The lowest BCUT2D eigenvalue weighted by Gasteiger charge is -2.34. The molecule has 0 saturated carbocycles. The van der Waals surface area contributed by atoms with Crippen LogP contribution in [0.1, 0.15) is 18.4 Å². The molecule has 0 atom stereocenters. The molecule has 0 N–H and O–H groups in total. The topological polar surface area (TPSA) is 100 Å². The Hall–Kier alpha value is -2.82. The van der Waals surface area contributed by atoms with Gasteiger partial charge in [-0.3, -0.25) is 19.5 Å². The molecule has 182 valence electrons. The quantitative estimate of drug-likeness (QED) is 0.545. The van der Waals surface area contributed by atoms with Crippen LogP contribution in [0.15, 0.2) is 59.8 Å². The normalized spacial score (nSPS) is 18.5. The van der Waals surface area contributed by atoms with Gasteiger partial charge in [0.15, 0.2) is 6.61 Å². The van der Waals surface area contributed by atoms with Gasteiger partial charge in [0.1, 0.15) is 4.90 Å². The van der Waals surface area contributed by atoms with Gasteiger partial charge in [0, 0.05) is 58.2 Å². The van der Waals surface area contributed by atoms with E-state index >= 15 is 0 Å². The zero-order valence-electron chi connectivity index (χ0n) is 19.1. The minimum absolute atomic E-state index is 0.144. The van der Waals surface area contributed by atoms with Crippen molar-refractivity contribution in [2.75, 3.05) is 45.9 Å². The highest BCUT2D eigenvalue weighted by Gasteiger charge is 2.33. The van der Waals surface area contributed by atoms with Crippen LogP contribution in [-0.2, 0) is 30.9 Å². The van der Waals surface area contributed by atoms with E-state index in [1.165, 1.54) is 28.3 Å². The second-order valence-electron chi connectivity index (χ2n) is 8.62. The molecule has 2 aliphatic rings. The molecule has 3 heterocycles. The molecular formula is C24H30N4O5S. The number of benzene rings is 1. The van der Waals surface area contributed by atoms with Crippen LogP contribution in [0, 0.1) is 5.92 Å². The average molecular weight is 487 g/mol. The van der Waals surface area contributed by atoms with Crippen molar-refractivity contribution in [2.24, 2.45) is 5.92 Å². The second-order valence-corrected chi connectivity index (χ2v) is 10.6. The van der Waals surface area contributed by atoms with Gasteiger partial charge >= 0.3 is 5.97 Å². The van der Waals surface area contributed by atoms with Crippen molar-refractivity contribution in [1.82, 2.24) is 19.1 Å². The summed E-state index contributed by atoms with van der Waals surface area (Å²) < 4.78 is 32.1. The molecule has 2 aliphatic heterocycles. The Morgan fingerprint density at radius 3 is 2.29 bits per heavy atom. The molecule has 2 saturated heterocycles. The Labute approximate surface area is 200 Å². The summed E-state index contributed by atoms with van der Waals surface area (Å²) in [5, 5.41) is 0. The Kier molecular flexibility index (Phi) is 7.91. The van der Waals surface area contributed by atoms with E-state index < -0.39 is 21.9 Å². The molecular weight excluding hydrogens is 456 g/mol. The van der Waals surface area contributed by atoms with E-state index in [-0.39, 0.29) is 30.5 Å². The molecule has 1 amide bonds. The number of carbonyl (C=O) groups is 2. The third-order valence-electron chi connectivity index (χ3n) is 6.37. The van der Waals surface area contributed by atoms with Crippen LogP contribution in [0.4, 0.5) is 0 Å². The third-order valence-corrected chi connectivity index (χ3v) is 8.25. The van der Waals surface area contributed by atoms with Crippen LogP contribution < -0.4 is 0 Å². The maximum atomic E-state index is 12.7. The predicted octanol–water partition coefficient (Wildman–Crippen LogP) is 1.37. The number of ether oxygens (including phenoxy) is 1. The zero-order chi connectivity index (χ0) is 24.0. The summed E-state index contributed by atoms with van der Waals surface area (Å²) in [6.45, 7) is 3.81. The van der Waals surface area contributed by atoms with Crippen molar-refractivity contribution in [1.29, 1.82) is 0 Å². The number of hydrogen-bond acceptors (Lipinski definition) is 7. The van der Waals surface area contributed by atoms with Crippen LogP contribution in [0.2, 0.25) is 0 Å². The maximum absolute atomic E-state index is 12.7. The van der Waals surface area contributed by atoms with Gasteiger partial charge in [-0.05, 0) is 30.5 Å². The Morgan fingerprint density at radius 1 is 0.941 bits per heavy atom. The highest BCUT2D eigenvalue weighted by molar-refractivity contribution is 7.89. The standard InChI is InChI=1S/C24H30N4O5S/c29-23(27-15-13-26(14-16-27)18-20-5-2-1-3-6-20)19-33-24(30)21-8-11-28(12-9-21)34(31,32)22-7-4-10-25-17-22/h1-7,10,17,21H,8-9,11-16,18-19H2. The van der Waals surface area contributed by atoms with Gasteiger partial charge in [-0.2, -0.15) is 4.31 Å². The van der Waals surface area contributed by atoms with Crippen molar-refractivity contribution in [3.63, 3.8) is 0 Å². The molecule has 34 heavy (non-hydrogen) atoms. The smallest absolute Gasteiger partial charge is 0.309 e. The molecule has 10 heteroatoms. The number of pyridine rings is 1. The van der Waals surface area contributed by atoms with E-state index in [0.29, 0.717) is 25.9 Å². The van der Waals surface area contributed by atoms with Gasteiger partial charge in [-0.25, -0.2) is 8.42 Å². The van der Waals surface area contributed by atoms with Crippen molar-refractivity contribution in [3.05, 3.63) is 60.4 Å². The summed E-state index contributed by atoms with van der Waals surface area (Å²) >= 11 is 0. The fourth-order valence-corrected chi connectivity index (χ4v) is 5.75. The first kappa shape index (κ1) is 24.3. The van der Waals surface area contributed by atoms with Crippen LogP contribution in [0.3, 0.4) is 0 Å². The van der Waals surface area contributed by atoms with E-state index in [9.17, 15) is 18.0 Å². The van der Waals surface area contributed by atoms with E-state index in [4.69, 9.17) is 4.74 Å². The molecule has 2 aromatic rings. The average Bonchev–Trinajstić information content (AvgIpc) is 2.88. The number of amides is 1. The maximum Gasteiger partial charge on any atom is 0.309 e. The predicted molar refractivity (Wildman–Crippen MR) is 125 cm³/mol. The lowest BCUT2D eigenvalue weighted by molar-refractivity contribution is -0.157. The number of aromatic nitrogens is 1. The van der Waals surface area contributed by atoms with Crippen molar-refractivity contribution in [2.45, 2.75) is 24.3 Å². The van der Waals surface area contributed by atoms with Crippen LogP contribution >= 0.6 is 0 Å². The summed E-state index contributed by atoms with van der Waals surface area (Å²) in [4.78, 5) is 33.1. The van der Waals surface area contributed by atoms with E-state index in [2.05, 4.69) is 22.0 Å². The molecule has 0 spiro atoms. The second kappa shape index (κ2) is 11.1. The van der Waals surface area contributed by atoms with Crippen LogP contribution in [-0.4, -0.2) is 85.3 Å². The monoisotopic (exact) mass is 486 g/mol. The number of hydrogen-bond donors (Lipinski definition) is 0. The third kappa shape index (κ3) is 5.99. The molecule has 9 nitrogen and oxygen atoms in total. The summed E-state index contributed by atoms with van der Waals surface area (Å²) in [6.07, 6.45) is 3.57. The van der Waals surface area contributed by atoms with Gasteiger partial charge in [0.2, 0.25) is 10.0 Å². The Balaban J connectivity index is 1.18. The number of nitrogens with zero attached hydrogens (tertiary/aromatic N) is 4. The summed E-state index contributed by atoms with van der Waals surface area (Å²) in [6, 6.07) is 13.3. The zero-order valence-corrected chi connectivity index (χ0v) is 19.9. The largest absolute Gasteiger partial charge is 0.455 e. The lowest BCUT2D eigenvalue weighted by Crippen LogP contribution is -2.49. The number of esters is 1. The highest BCUT2D eigenvalue weighted by atomic mass is 32.2. The van der Waals surface area contributed by atoms with E-state index in [1.54, 1.807) is 11.0 Å². The van der Waals surface area contributed by atoms with Gasteiger partial charge in [-0.15, -0.1) is 0 Å². The molecule has 0 aliphatic carbocycles. The van der Waals surface area contributed by atoms with Crippen LogP contribution in [0.5, 0.6) is 0 Å². The van der Waals surface area contributed by atoms with Gasteiger partial charge in [-0.1, -0.05) is 30.3 Å². The number of piperazine rings is 1. The lowest BCUT2D eigenvalue weighted by atomic mass is 9.98.